The molecule has 3 N–H and O–H groups in total. The van der Waals surface area contributed by atoms with Gasteiger partial charge < -0.3 is 20.1 Å². The van der Waals surface area contributed by atoms with E-state index in [2.05, 4.69) is 86.8 Å². The fraction of sp³-hybridized carbons (Fsp3) is 0.785. The third-order valence-electron chi connectivity index (χ3n) is 13.5. The van der Waals surface area contributed by atoms with E-state index in [1.54, 1.807) is 0 Å². The van der Waals surface area contributed by atoms with Crippen molar-refractivity contribution in [2.24, 2.45) is 5.73 Å². The van der Waals surface area contributed by atoms with E-state index < -0.39 is 32.5 Å². The van der Waals surface area contributed by atoms with Crippen LogP contribution in [-0.2, 0) is 32.7 Å². The molecule has 0 saturated carbocycles. The van der Waals surface area contributed by atoms with Gasteiger partial charge in [0.25, 0.3) is 0 Å². The summed E-state index contributed by atoms with van der Waals surface area (Å²) in [5.74, 6) is -0.922. The summed E-state index contributed by atoms with van der Waals surface area (Å²) in [4.78, 5) is 35.2. The number of hydrogen-bond acceptors (Lipinski definition) is 8. The number of phosphoric acid groups is 1. The molecule has 0 spiro atoms. The van der Waals surface area contributed by atoms with Gasteiger partial charge in [-0.2, -0.15) is 0 Å². The summed E-state index contributed by atoms with van der Waals surface area (Å²) in [6, 6.07) is 0. The van der Waals surface area contributed by atoms with E-state index in [9.17, 15) is 19.0 Å². The van der Waals surface area contributed by atoms with Crippen LogP contribution in [0.25, 0.3) is 0 Å². The van der Waals surface area contributed by atoms with Crippen molar-refractivity contribution in [3.63, 3.8) is 0 Å². The number of phosphoric ester groups is 1. The van der Waals surface area contributed by atoms with Gasteiger partial charge in [0.1, 0.15) is 6.61 Å². The number of esters is 2. The molecule has 0 aliphatic carbocycles. The minimum Gasteiger partial charge on any atom is -0.462 e. The van der Waals surface area contributed by atoms with Gasteiger partial charge in [-0.1, -0.05) is 228 Å². The third-order valence-corrected chi connectivity index (χ3v) is 14.4. The fourth-order valence-electron chi connectivity index (χ4n) is 8.78. The van der Waals surface area contributed by atoms with Crippen molar-refractivity contribution in [1.29, 1.82) is 0 Å². The Bertz CT molecular complexity index is 1460. The van der Waals surface area contributed by atoms with Gasteiger partial charge in [0.15, 0.2) is 6.10 Å². The molecule has 0 amide bonds. The second kappa shape index (κ2) is 60.7. The summed E-state index contributed by atoms with van der Waals surface area (Å²) in [5, 5.41) is 0. The largest absolute Gasteiger partial charge is 0.472 e. The van der Waals surface area contributed by atoms with E-state index in [-0.39, 0.29) is 32.6 Å². The van der Waals surface area contributed by atoms with Crippen molar-refractivity contribution in [1.82, 2.24) is 0 Å². The highest BCUT2D eigenvalue weighted by Crippen LogP contribution is 2.43. The van der Waals surface area contributed by atoms with E-state index >= 15 is 0 Å². The molecule has 0 heterocycles. The van der Waals surface area contributed by atoms with E-state index in [0.29, 0.717) is 12.8 Å². The molecule has 0 aromatic rings. The first-order valence-electron chi connectivity index (χ1n) is 31.4. The van der Waals surface area contributed by atoms with Gasteiger partial charge in [0.2, 0.25) is 0 Å². The first-order valence-corrected chi connectivity index (χ1v) is 32.9. The Balaban J connectivity index is 4.02. The van der Waals surface area contributed by atoms with Crippen LogP contribution in [0.5, 0.6) is 0 Å². The molecule has 0 radical (unpaired) electrons. The Labute approximate surface area is 462 Å². The maximum Gasteiger partial charge on any atom is 0.472 e. The zero-order chi connectivity index (χ0) is 54.5. The smallest absolute Gasteiger partial charge is 0.462 e. The van der Waals surface area contributed by atoms with Crippen molar-refractivity contribution < 1.29 is 37.6 Å². The first kappa shape index (κ1) is 72.5. The Kier molecular flexibility index (Phi) is 58.6. The lowest BCUT2D eigenvalue weighted by atomic mass is 10.0. The molecule has 10 heteroatoms. The van der Waals surface area contributed by atoms with E-state index in [1.165, 1.54) is 205 Å². The number of allylic oxidation sites excluding steroid dienone is 12. The van der Waals surface area contributed by atoms with Crippen LogP contribution in [0.1, 0.15) is 296 Å². The van der Waals surface area contributed by atoms with Crippen molar-refractivity contribution in [3.05, 3.63) is 72.9 Å². The fourth-order valence-corrected chi connectivity index (χ4v) is 9.55. The summed E-state index contributed by atoms with van der Waals surface area (Å²) in [5.41, 5.74) is 5.38. The second-order valence-electron chi connectivity index (χ2n) is 20.9. The van der Waals surface area contributed by atoms with Gasteiger partial charge in [0.05, 0.1) is 13.2 Å². The summed E-state index contributed by atoms with van der Waals surface area (Å²) in [7, 11) is -4.41. The molecule has 75 heavy (non-hydrogen) atoms. The topological polar surface area (TPSA) is 134 Å². The Morgan fingerprint density at radius 2 is 0.667 bits per heavy atom. The van der Waals surface area contributed by atoms with Crippen molar-refractivity contribution in [2.45, 2.75) is 302 Å². The zero-order valence-corrected chi connectivity index (χ0v) is 49.7. The number of hydrogen-bond donors (Lipinski definition) is 2. The van der Waals surface area contributed by atoms with Gasteiger partial charge in [-0.25, -0.2) is 4.57 Å². The zero-order valence-electron chi connectivity index (χ0n) is 48.8. The molecule has 0 bridgehead atoms. The van der Waals surface area contributed by atoms with Gasteiger partial charge in [-0.05, 0) is 128 Å². The summed E-state index contributed by atoms with van der Waals surface area (Å²) in [6.07, 6.45) is 78.6. The molecule has 0 saturated heterocycles. The molecule has 0 fully saturated rings. The van der Waals surface area contributed by atoms with Gasteiger partial charge in [-0.15, -0.1) is 0 Å². The maximum absolute atomic E-state index is 12.7. The molecular formula is C65H118NO8P. The normalized spacial score (nSPS) is 13.5. The molecular weight excluding hydrogens is 954 g/mol. The molecule has 0 aliphatic heterocycles. The van der Waals surface area contributed by atoms with Crippen LogP contribution in [-0.4, -0.2) is 49.3 Å². The van der Waals surface area contributed by atoms with Crippen molar-refractivity contribution in [3.8, 4) is 0 Å². The van der Waals surface area contributed by atoms with Crippen molar-refractivity contribution in [2.75, 3.05) is 26.4 Å². The van der Waals surface area contributed by atoms with Crippen LogP contribution in [0.4, 0.5) is 0 Å². The van der Waals surface area contributed by atoms with Gasteiger partial charge in [0, 0.05) is 19.4 Å². The minimum atomic E-state index is -4.41. The first-order chi connectivity index (χ1) is 36.8. The van der Waals surface area contributed by atoms with Crippen LogP contribution in [0.2, 0.25) is 0 Å². The Morgan fingerprint density at radius 1 is 0.387 bits per heavy atom. The lowest BCUT2D eigenvalue weighted by molar-refractivity contribution is -0.161. The lowest BCUT2D eigenvalue weighted by Crippen LogP contribution is -2.29. The average molecular weight is 1070 g/mol. The molecule has 0 rings (SSSR count). The predicted molar refractivity (Wildman–Crippen MR) is 321 cm³/mol. The highest BCUT2D eigenvalue weighted by atomic mass is 31.2. The van der Waals surface area contributed by atoms with Crippen LogP contribution in [0.15, 0.2) is 72.9 Å². The summed E-state index contributed by atoms with van der Waals surface area (Å²) >= 11 is 0. The quantitative estimate of drug-likeness (QED) is 0.0264. The summed E-state index contributed by atoms with van der Waals surface area (Å²) < 4.78 is 33.0. The molecule has 0 aromatic heterocycles. The average Bonchev–Trinajstić information content (AvgIpc) is 3.40. The number of carbonyl (C=O) groups is 2. The standard InChI is InChI=1S/C65H118NO8P/c1-3-5-7-9-11-13-15-17-19-21-23-25-27-29-31-33-35-37-39-41-43-45-47-49-51-53-55-57-64(67)71-61-63(62-73-75(69,70)72-60-59-66)74-65(68)58-56-54-52-50-48-46-44-42-40-38-36-34-32-30-28-26-24-22-20-18-16-14-12-10-8-6-4-2/h13-16,41-44,49-52,63H,3-12,17-40,45-48,53-62,66H2,1-2H3,(H,69,70)/t63-/m1/s1. The van der Waals surface area contributed by atoms with Crippen LogP contribution >= 0.6 is 7.82 Å². The monoisotopic (exact) mass is 1070 g/mol. The number of unbranched alkanes of at least 4 members (excludes halogenated alkanes) is 34. The lowest BCUT2D eigenvalue weighted by Gasteiger charge is -2.19. The Morgan fingerprint density at radius 3 is 0.987 bits per heavy atom. The second-order valence-corrected chi connectivity index (χ2v) is 22.3. The maximum atomic E-state index is 12.7. The number of nitrogens with two attached hydrogens (primary N) is 1. The van der Waals surface area contributed by atoms with E-state index in [1.807, 2.05) is 0 Å². The van der Waals surface area contributed by atoms with Crippen LogP contribution in [0, 0.1) is 0 Å². The summed E-state index contributed by atoms with van der Waals surface area (Å²) in [6.45, 7) is 3.67. The Hall–Kier alpha value is -2.55. The van der Waals surface area contributed by atoms with Crippen LogP contribution < -0.4 is 5.73 Å². The third kappa shape index (κ3) is 60.5. The number of ether oxygens (including phenoxy) is 2. The number of rotatable bonds is 59. The van der Waals surface area contributed by atoms with E-state index in [0.717, 1.165) is 51.4 Å². The predicted octanol–water partition coefficient (Wildman–Crippen LogP) is 20.1. The van der Waals surface area contributed by atoms with Crippen molar-refractivity contribution >= 4 is 19.8 Å². The van der Waals surface area contributed by atoms with Gasteiger partial charge in [-0.3, -0.25) is 18.6 Å². The van der Waals surface area contributed by atoms with E-state index in [4.69, 9.17) is 24.3 Å². The number of carbonyl (C=O) groups excluding carboxylic acids is 2. The molecule has 436 valence electrons. The SMILES string of the molecule is CCCCCCC=CCCCCCCCCCCCCC=CCCC=CCCCC(=O)OC[C@H](COP(=O)(O)OCCN)OC(=O)CCCC=CCCC=CCCCCCCCCCCCCC=CCCCCCC. The molecule has 0 aliphatic rings. The van der Waals surface area contributed by atoms with Crippen LogP contribution in [0.3, 0.4) is 0 Å². The molecule has 2 atom stereocenters. The van der Waals surface area contributed by atoms with Gasteiger partial charge >= 0.3 is 19.8 Å². The molecule has 0 aromatic carbocycles. The highest BCUT2D eigenvalue weighted by molar-refractivity contribution is 7.47. The molecule has 9 nitrogen and oxygen atoms in total. The molecule has 1 unspecified atom stereocenters. The minimum absolute atomic E-state index is 0.0403. The highest BCUT2D eigenvalue weighted by Gasteiger charge is 2.26.